The van der Waals surface area contributed by atoms with Gasteiger partial charge in [-0.2, -0.15) is 0 Å². The normalized spacial score (nSPS) is 20.0. The lowest BCUT2D eigenvalue weighted by atomic mass is 9.88. The maximum absolute atomic E-state index is 6.51. The fourth-order valence-electron chi connectivity index (χ4n) is 3.65. The van der Waals surface area contributed by atoms with Crippen molar-refractivity contribution in [1.29, 1.82) is 0 Å². The highest BCUT2D eigenvalue weighted by Gasteiger charge is 2.24. The van der Waals surface area contributed by atoms with Gasteiger partial charge in [0.25, 0.3) is 0 Å². The highest BCUT2D eigenvalue weighted by molar-refractivity contribution is 5.20. The van der Waals surface area contributed by atoms with Gasteiger partial charge in [0.15, 0.2) is 0 Å². The molecule has 1 aromatic rings. The first-order chi connectivity index (χ1) is 9.72. The zero-order chi connectivity index (χ0) is 14.4. The van der Waals surface area contributed by atoms with Gasteiger partial charge < -0.3 is 10.6 Å². The Bertz CT molecular complexity index is 370. The molecule has 2 rings (SSSR count). The summed E-state index contributed by atoms with van der Waals surface area (Å²) in [6.45, 7) is 3.46. The fourth-order valence-corrected chi connectivity index (χ4v) is 3.65. The zero-order valence-electron chi connectivity index (χ0n) is 13.1. The van der Waals surface area contributed by atoms with E-state index < -0.39 is 0 Å². The predicted octanol–water partition coefficient (Wildman–Crippen LogP) is 3.98. The Labute approximate surface area is 124 Å². The first-order valence-corrected chi connectivity index (χ1v) is 8.23. The highest BCUT2D eigenvalue weighted by atomic mass is 15.1. The van der Waals surface area contributed by atoms with Crippen LogP contribution >= 0.6 is 0 Å². The van der Waals surface area contributed by atoms with Crippen LogP contribution in [0.25, 0.3) is 0 Å². The average molecular weight is 274 g/mol. The Morgan fingerprint density at radius 2 is 1.80 bits per heavy atom. The zero-order valence-corrected chi connectivity index (χ0v) is 13.1. The van der Waals surface area contributed by atoms with Crippen molar-refractivity contribution in [3.8, 4) is 0 Å². The van der Waals surface area contributed by atoms with Gasteiger partial charge in [-0.15, -0.1) is 0 Å². The summed E-state index contributed by atoms with van der Waals surface area (Å²) in [5.41, 5.74) is 7.77. The minimum Gasteiger partial charge on any atom is -0.323 e. The molecule has 2 unspecified atom stereocenters. The third kappa shape index (κ3) is 4.07. The Balaban J connectivity index is 1.95. The maximum atomic E-state index is 6.51. The average Bonchev–Trinajstić information content (AvgIpc) is 2.49. The molecule has 0 heterocycles. The SMILES string of the molecule is CCC(C(N)c1ccccc1)N(C)CC1CCCCC1. The molecule has 0 aromatic heterocycles. The van der Waals surface area contributed by atoms with E-state index in [1.165, 1.54) is 44.2 Å². The van der Waals surface area contributed by atoms with E-state index in [0.717, 1.165) is 12.3 Å². The van der Waals surface area contributed by atoms with Crippen molar-refractivity contribution in [2.24, 2.45) is 11.7 Å². The molecule has 1 aromatic carbocycles. The summed E-state index contributed by atoms with van der Waals surface area (Å²) in [7, 11) is 2.26. The Morgan fingerprint density at radius 3 is 2.40 bits per heavy atom. The van der Waals surface area contributed by atoms with Crippen LogP contribution in [0.3, 0.4) is 0 Å². The van der Waals surface area contributed by atoms with E-state index in [0.29, 0.717) is 6.04 Å². The molecule has 0 aliphatic heterocycles. The molecular formula is C18H30N2. The summed E-state index contributed by atoms with van der Waals surface area (Å²) >= 11 is 0. The van der Waals surface area contributed by atoms with E-state index >= 15 is 0 Å². The lowest BCUT2D eigenvalue weighted by molar-refractivity contribution is 0.158. The lowest BCUT2D eigenvalue weighted by Crippen LogP contribution is -2.42. The quantitative estimate of drug-likeness (QED) is 0.850. The van der Waals surface area contributed by atoms with Gasteiger partial charge in [-0.3, -0.25) is 0 Å². The summed E-state index contributed by atoms with van der Waals surface area (Å²) < 4.78 is 0. The van der Waals surface area contributed by atoms with Crippen LogP contribution in [0.5, 0.6) is 0 Å². The van der Waals surface area contributed by atoms with Crippen LogP contribution in [-0.2, 0) is 0 Å². The molecule has 2 N–H and O–H groups in total. The molecule has 0 bridgehead atoms. The van der Waals surface area contributed by atoms with Crippen LogP contribution < -0.4 is 5.73 Å². The first-order valence-electron chi connectivity index (χ1n) is 8.23. The molecule has 20 heavy (non-hydrogen) atoms. The second kappa shape index (κ2) is 7.80. The molecule has 1 aliphatic carbocycles. The summed E-state index contributed by atoms with van der Waals surface area (Å²) in [6.07, 6.45) is 8.18. The number of nitrogens with two attached hydrogens (primary N) is 1. The molecule has 0 amide bonds. The Kier molecular flexibility index (Phi) is 6.06. The van der Waals surface area contributed by atoms with Crippen molar-refractivity contribution in [2.45, 2.75) is 57.5 Å². The van der Waals surface area contributed by atoms with E-state index in [1.807, 2.05) is 0 Å². The van der Waals surface area contributed by atoms with Crippen LogP contribution in [0.2, 0.25) is 0 Å². The molecule has 0 spiro atoms. The number of benzene rings is 1. The van der Waals surface area contributed by atoms with Gasteiger partial charge in [-0.25, -0.2) is 0 Å². The van der Waals surface area contributed by atoms with Crippen LogP contribution in [-0.4, -0.2) is 24.5 Å². The van der Waals surface area contributed by atoms with Crippen molar-refractivity contribution in [3.05, 3.63) is 35.9 Å². The van der Waals surface area contributed by atoms with E-state index in [2.05, 4.69) is 49.2 Å². The van der Waals surface area contributed by atoms with Crippen molar-refractivity contribution >= 4 is 0 Å². The van der Waals surface area contributed by atoms with Crippen LogP contribution in [0, 0.1) is 5.92 Å². The molecule has 1 fully saturated rings. The number of likely N-dealkylation sites (N-methyl/N-ethyl adjacent to an activating group) is 1. The number of hydrogen-bond donors (Lipinski definition) is 1. The summed E-state index contributed by atoms with van der Waals surface area (Å²) in [4.78, 5) is 2.51. The van der Waals surface area contributed by atoms with Crippen LogP contribution in [0.4, 0.5) is 0 Å². The lowest BCUT2D eigenvalue weighted by Gasteiger charge is -2.35. The summed E-state index contributed by atoms with van der Waals surface area (Å²) in [5, 5.41) is 0. The van der Waals surface area contributed by atoms with Crippen molar-refractivity contribution < 1.29 is 0 Å². The second-order valence-electron chi connectivity index (χ2n) is 6.36. The molecule has 0 saturated heterocycles. The summed E-state index contributed by atoms with van der Waals surface area (Å²) in [6, 6.07) is 11.1. The largest absolute Gasteiger partial charge is 0.323 e. The first kappa shape index (κ1) is 15.5. The number of nitrogens with zero attached hydrogens (tertiary/aromatic N) is 1. The van der Waals surface area contributed by atoms with Gasteiger partial charge >= 0.3 is 0 Å². The van der Waals surface area contributed by atoms with Crippen molar-refractivity contribution in [3.63, 3.8) is 0 Å². The number of hydrogen-bond acceptors (Lipinski definition) is 2. The van der Waals surface area contributed by atoms with E-state index in [1.54, 1.807) is 0 Å². The van der Waals surface area contributed by atoms with Gasteiger partial charge in [0.2, 0.25) is 0 Å². The van der Waals surface area contributed by atoms with Crippen LogP contribution in [0.15, 0.2) is 30.3 Å². The molecule has 0 radical (unpaired) electrons. The van der Waals surface area contributed by atoms with E-state index in [-0.39, 0.29) is 6.04 Å². The third-order valence-corrected chi connectivity index (χ3v) is 4.85. The second-order valence-corrected chi connectivity index (χ2v) is 6.36. The van der Waals surface area contributed by atoms with Gasteiger partial charge in [0.1, 0.15) is 0 Å². The molecule has 1 saturated carbocycles. The van der Waals surface area contributed by atoms with Crippen molar-refractivity contribution in [2.75, 3.05) is 13.6 Å². The monoisotopic (exact) mass is 274 g/mol. The smallest absolute Gasteiger partial charge is 0.0452 e. The van der Waals surface area contributed by atoms with Crippen LogP contribution in [0.1, 0.15) is 57.1 Å². The summed E-state index contributed by atoms with van der Waals surface area (Å²) in [5.74, 6) is 0.880. The fraction of sp³-hybridized carbons (Fsp3) is 0.667. The minimum absolute atomic E-state index is 0.120. The highest BCUT2D eigenvalue weighted by Crippen LogP contribution is 2.27. The van der Waals surface area contributed by atoms with Gasteiger partial charge in [-0.1, -0.05) is 56.5 Å². The van der Waals surface area contributed by atoms with Gasteiger partial charge in [0, 0.05) is 18.6 Å². The minimum atomic E-state index is 0.120. The van der Waals surface area contributed by atoms with E-state index in [9.17, 15) is 0 Å². The standard InChI is InChI=1S/C18H30N2/c1-3-17(18(19)16-12-8-5-9-13-16)20(2)14-15-10-6-4-7-11-15/h5,8-9,12-13,15,17-18H,3-4,6-7,10-11,14,19H2,1-2H3. The molecule has 1 aliphatic rings. The molecular weight excluding hydrogens is 244 g/mol. The molecule has 112 valence electrons. The third-order valence-electron chi connectivity index (χ3n) is 4.85. The van der Waals surface area contributed by atoms with Gasteiger partial charge in [-0.05, 0) is 37.8 Å². The molecule has 2 heteroatoms. The van der Waals surface area contributed by atoms with E-state index in [4.69, 9.17) is 5.73 Å². The Morgan fingerprint density at radius 1 is 1.15 bits per heavy atom. The maximum Gasteiger partial charge on any atom is 0.0452 e. The predicted molar refractivity (Wildman–Crippen MR) is 86.7 cm³/mol. The molecule has 2 nitrogen and oxygen atoms in total. The van der Waals surface area contributed by atoms with Crippen molar-refractivity contribution in [1.82, 2.24) is 4.90 Å². The molecule has 2 atom stereocenters. The topological polar surface area (TPSA) is 29.3 Å². The Hall–Kier alpha value is -0.860. The number of rotatable bonds is 6. The van der Waals surface area contributed by atoms with Gasteiger partial charge in [0.05, 0.1) is 0 Å².